The Morgan fingerprint density at radius 2 is 2.08 bits per heavy atom. The molecule has 24 heavy (non-hydrogen) atoms. The van der Waals surface area contributed by atoms with Crippen molar-refractivity contribution in [2.75, 3.05) is 32.8 Å². The van der Waals surface area contributed by atoms with Gasteiger partial charge in [0.1, 0.15) is 24.5 Å². The monoisotopic (exact) mass is 327 g/mol. The minimum absolute atomic E-state index is 0.0688. The summed E-state index contributed by atoms with van der Waals surface area (Å²) in [6.45, 7) is 4.46. The number of carbonyl (C=O) groups is 1. The lowest BCUT2D eigenvalue weighted by Gasteiger charge is -2.37. The van der Waals surface area contributed by atoms with Crippen LogP contribution >= 0.6 is 0 Å². The lowest BCUT2D eigenvalue weighted by Crippen LogP contribution is -2.51. The number of para-hydroxylation sites is 1. The van der Waals surface area contributed by atoms with Gasteiger partial charge in [0.2, 0.25) is 5.91 Å². The maximum atomic E-state index is 12.8. The molecule has 2 aliphatic heterocycles. The number of rotatable bonds is 3. The molecular weight excluding hydrogens is 306 g/mol. The van der Waals surface area contributed by atoms with Crippen molar-refractivity contribution >= 4 is 5.91 Å². The summed E-state index contributed by atoms with van der Waals surface area (Å²) < 4.78 is 5.76. The Bertz CT molecular complexity index is 695. The molecule has 0 spiro atoms. The maximum absolute atomic E-state index is 12.8. The zero-order chi connectivity index (χ0) is 16.4. The Labute approximate surface area is 140 Å². The van der Waals surface area contributed by atoms with Crippen molar-refractivity contribution in [3.05, 3.63) is 42.0 Å². The number of amides is 1. The van der Waals surface area contributed by atoms with E-state index in [0.717, 1.165) is 56.3 Å². The Morgan fingerprint density at radius 1 is 1.25 bits per heavy atom. The van der Waals surface area contributed by atoms with Crippen LogP contribution in [0, 0.1) is 5.92 Å². The number of piperazine rings is 1. The molecule has 1 amide bonds. The Hall–Kier alpha value is -2.41. The van der Waals surface area contributed by atoms with Gasteiger partial charge in [-0.05, 0) is 18.1 Å². The van der Waals surface area contributed by atoms with E-state index in [1.54, 1.807) is 0 Å². The van der Waals surface area contributed by atoms with Gasteiger partial charge in [-0.15, -0.1) is 0 Å². The van der Waals surface area contributed by atoms with E-state index in [2.05, 4.69) is 20.1 Å². The van der Waals surface area contributed by atoms with Crippen molar-refractivity contribution in [3.63, 3.8) is 0 Å². The molecule has 1 aromatic carbocycles. The molecule has 4 rings (SSSR count). The van der Waals surface area contributed by atoms with Gasteiger partial charge in [-0.25, -0.2) is 4.98 Å². The highest BCUT2D eigenvalue weighted by atomic mass is 16.5. The van der Waals surface area contributed by atoms with E-state index in [9.17, 15) is 4.79 Å². The van der Waals surface area contributed by atoms with Crippen LogP contribution in [-0.2, 0) is 17.8 Å². The van der Waals surface area contributed by atoms with Gasteiger partial charge >= 0.3 is 0 Å². The van der Waals surface area contributed by atoms with Crippen LogP contribution in [0.15, 0.2) is 30.6 Å². The molecule has 7 nitrogen and oxygen atoms in total. The van der Waals surface area contributed by atoms with Gasteiger partial charge in [-0.2, -0.15) is 5.10 Å². The van der Waals surface area contributed by atoms with E-state index in [0.29, 0.717) is 6.61 Å². The van der Waals surface area contributed by atoms with Crippen molar-refractivity contribution in [1.82, 2.24) is 25.0 Å². The number of hydrogen-bond donors (Lipinski definition) is 1. The molecule has 126 valence electrons. The number of benzene rings is 1. The first kappa shape index (κ1) is 15.1. The lowest BCUT2D eigenvalue weighted by atomic mass is 9.95. The average molecular weight is 327 g/mol. The lowest BCUT2D eigenvalue weighted by molar-refractivity contribution is -0.138. The van der Waals surface area contributed by atoms with Crippen molar-refractivity contribution in [3.8, 4) is 5.75 Å². The zero-order valence-corrected chi connectivity index (χ0v) is 13.5. The molecule has 1 fully saturated rings. The first-order valence-electron chi connectivity index (χ1n) is 8.35. The quantitative estimate of drug-likeness (QED) is 0.898. The van der Waals surface area contributed by atoms with Gasteiger partial charge in [0.05, 0.1) is 12.5 Å². The summed E-state index contributed by atoms with van der Waals surface area (Å²) in [4.78, 5) is 21.2. The Kier molecular flexibility index (Phi) is 4.17. The minimum atomic E-state index is -0.0688. The van der Waals surface area contributed by atoms with Gasteiger partial charge in [-0.3, -0.25) is 14.8 Å². The molecular formula is C17H21N5O2. The third-order valence-corrected chi connectivity index (χ3v) is 4.75. The second-order valence-electron chi connectivity index (χ2n) is 6.35. The van der Waals surface area contributed by atoms with Gasteiger partial charge in [0.15, 0.2) is 0 Å². The van der Waals surface area contributed by atoms with Crippen molar-refractivity contribution < 1.29 is 9.53 Å². The standard InChI is InChI=1S/C17H21N5O2/c23-17(14-9-13-3-1-2-4-15(13)24-11-14)22-7-5-21(6-8-22)10-16-18-12-19-20-16/h1-4,12,14H,5-11H2,(H,18,19,20)/t14-/m1/s1. The van der Waals surface area contributed by atoms with Crippen LogP contribution in [0.1, 0.15) is 11.4 Å². The van der Waals surface area contributed by atoms with Crippen molar-refractivity contribution in [1.29, 1.82) is 0 Å². The second kappa shape index (κ2) is 6.60. The summed E-state index contributed by atoms with van der Waals surface area (Å²) in [5.41, 5.74) is 1.13. The fourth-order valence-electron chi connectivity index (χ4n) is 3.39. The van der Waals surface area contributed by atoms with Crippen LogP contribution in [0.2, 0.25) is 0 Å². The van der Waals surface area contributed by atoms with Crippen LogP contribution in [0.3, 0.4) is 0 Å². The molecule has 0 bridgehead atoms. The Balaban J connectivity index is 1.32. The van der Waals surface area contributed by atoms with E-state index in [1.165, 1.54) is 6.33 Å². The molecule has 1 saturated heterocycles. The number of hydrogen-bond acceptors (Lipinski definition) is 5. The molecule has 2 aliphatic rings. The molecule has 1 N–H and O–H groups in total. The smallest absolute Gasteiger partial charge is 0.229 e. The number of carbonyl (C=O) groups excluding carboxylic acids is 1. The number of aromatic nitrogens is 3. The van der Waals surface area contributed by atoms with E-state index in [-0.39, 0.29) is 11.8 Å². The summed E-state index contributed by atoms with van der Waals surface area (Å²) >= 11 is 0. The second-order valence-corrected chi connectivity index (χ2v) is 6.35. The molecule has 7 heteroatoms. The first-order chi connectivity index (χ1) is 11.8. The van der Waals surface area contributed by atoms with Crippen LogP contribution in [0.4, 0.5) is 0 Å². The van der Waals surface area contributed by atoms with Crippen LogP contribution in [0.5, 0.6) is 5.75 Å². The molecule has 0 saturated carbocycles. The number of H-pyrrole nitrogens is 1. The molecule has 0 unspecified atom stereocenters. The van der Waals surface area contributed by atoms with E-state index in [1.807, 2.05) is 29.2 Å². The number of fused-ring (bicyclic) bond motifs is 1. The predicted octanol–water partition coefficient (Wildman–Crippen LogP) is 0.700. The predicted molar refractivity (Wildman–Crippen MR) is 87.4 cm³/mol. The van der Waals surface area contributed by atoms with Crippen LogP contribution < -0.4 is 4.74 Å². The third-order valence-electron chi connectivity index (χ3n) is 4.75. The third kappa shape index (κ3) is 3.12. The number of ether oxygens (including phenoxy) is 1. The van der Waals surface area contributed by atoms with Gasteiger partial charge < -0.3 is 9.64 Å². The largest absolute Gasteiger partial charge is 0.492 e. The average Bonchev–Trinajstić information content (AvgIpc) is 3.14. The highest BCUT2D eigenvalue weighted by Crippen LogP contribution is 2.27. The van der Waals surface area contributed by atoms with E-state index >= 15 is 0 Å². The highest BCUT2D eigenvalue weighted by Gasteiger charge is 2.31. The first-order valence-corrected chi connectivity index (χ1v) is 8.35. The highest BCUT2D eigenvalue weighted by molar-refractivity contribution is 5.80. The normalized spacial score (nSPS) is 21.2. The summed E-state index contributed by atoms with van der Waals surface area (Å²) in [5, 5.41) is 6.75. The van der Waals surface area contributed by atoms with Gasteiger partial charge in [-0.1, -0.05) is 18.2 Å². The van der Waals surface area contributed by atoms with Gasteiger partial charge in [0.25, 0.3) is 0 Å². The number of aromatic amines is 1. The fourth-order valence-corrected chi connectivity index (χ4v) is 3.39. The SMILES string of the molecule is O=C([C@H]1COc2ccccc2C1)N1CCN(Cc2ncn[nH]2)CC1. The molecule has 1 aromatic heterocycles. The van der Waals surface area contributed by atoms with Crippen molar-refractivity contribution in [2.45, 2.75) is 13.0 Å². The minimum Gasteiger partial charge on any atom is -0.492 e. The van der Waals surface area contributed by atoms with Crippen LogP contribution in [-0.4, -0.2) is 63.7 Å². The molecule has 0 aliphatic carbocycles. The van der Waals surface area contributed by atoms with E-state index < -0.39 is 0 Å². The topological polar surface area (TPSA) is 74.3 Å². The number of nitrogens with one attached hydrogen (secondary N) is 1. The summed E-state index contributed by atoms with van der Waals surface area (Å²) in [5.74, 6) is 1.93. The maximum Gasteiger partial charge on any atom is 0.229 e. The van der Waals surface area contributed by atoms with Crippen molar-refractivity contribution in [2.24, 2.45) is 5.92 Å². The molecule has 3 heterocycles. The Morgan fingerprint density at radius 3 is 2.88 bits per heavy atom. The number of nitrogens with zero attached hydrogens (tertiary/aromatic N) is 4. The summed E-state index contributed by atoms with van der Waals surface area (Å²) in [7, 11) is 0. The van der Waals surface area contributed by atoms with Crippen LogP contribution in [0.25, 0.3) is 0 Å². The summed E-state index contributed by atoms with van der Waals surface area (Å²) in [6, 6.07) is 7.98. The molecule has 2 aromatic rings. The van der Waals surface area contributed by atoms with Gasteiger partial charge in [0, 0.05) is 26.2 Å². The van der Waals surface area contributed by atoms with E-state index in [4.69, 9.17) is 4.74 Å². The fraction of sp³-hybridized carbons (Fsp3) is 0.471. The molecule has 1 atom stereocenters. The summed E-state index contributed by atoms with van der Waals surface area (Å²) in [6.07, 6.45) is 2.29. The zero-order valence-electron chi connectivity index (χ0n) is 13.5. The molecule has 0 radical (unpaired) electrons.